The average Bonchev–Trinajstić information content (AvgIpc) is 2.47. The quantitative estimate of drug-likeness (QED) is 0.748. The molecule has 0 heterocycles. The van der Waals surface area contributed by atoms with Crippen LogP contribution >= 0.6 is 0 Å². The molecule has 0 bridgehead atoms. The third kappa shape index (κ3) is 5.97. The molecule has 1 rings (SSSR count). The molecule has 0 aliphatic carbocycles. The number of nitrogens with one attached hydrogen (secondary N) is 2. The molecular formula is C15H21F3N2O3. The van der Waals surface area contributed by atoms with Crippen molar-refractivity contribution in [3.8, 4) is 5.75 Å². The fourth-order valence-corrected chi connectivity index (χ4v) is 1.73. The van der Waals surface area contributed by atoms with Gasteiger partial charge in [0.2, 0.25) is 0 Å². The van der Waals surface area contributed by atoms with Crippen LogP contribution in [0, 0.1) is 6.92 Å². The van der Waals surface area contributed by atoms with Crippen molar-refractivity contribution < 1.29 is 27.8 Å². The Balaban J connectivity index is 2.80. The summed E-state index contributed by atoms with van der Waals surface area (Å²) in [6, 6.07) is 3.88. The van der Waals surface area contributed by atoms with Crippen molar-refractivity contribution in [3.63, 3.8) is 0 Å². The zero-order chi connectivity index (χ0) is 17.7. The Morgan fingerprint density at radius 3 is 2.52 bits per heavy atom. The zero-order valence-corrected chi connectivity index (χ0v) is 13.3. The van der Waals surface area contributed by atoms with E-state index in [9.17, 15) is 23.1 Å². The van der Waals surface area contributed by atoms with Crippen molar-refractivity contribution in [1.29, 1.82) is 0 Å². The number of hydrogen-bond donors (Lipinski definition) is 3. The van der Waals surface area contributed by atoms with Gasteiger partial charge in [0.1, 0.15) is 5.75 Å². The first-order chi connectivity index (χ1) is 10.6. The van der Waals surface area contributed by atoms with E-state index in [0.29, 0.717) is 17.7 Å². The van der Waals surface area contributed by atoms with Gasteiger partial charge >= 0.3 is 12.2 Å². The van der Waals surface area contributed by atoms with E-state index in [1.54, 1.807) is 19.9 Å². The number of urea groups is 1. The van der Waals surface area contributed by atoms with Gasteiger partial charge in [-0.2, -0.15) is 13.2 Å². The summed E-state index contributed by atoms with van der Waals surface area (Å²) in [6.45, 7) is 3.41. The molecule has 0 fully saturated rings. The van der Waals surface area contributed by atoms with E-state index < -0.39 is 24.4 Å². The summed E-state index contributed by atoms with van der Waals surface area (Å²) in [6.07, 6.45) is -3.91. The van der Waals surface area contributed by atoms with Crippen LogP contribution < -0.4 is 15.4 Å². The van der Waals surface area contributed by atoms with Crippen LogP contribution in [0.1, 0.15) is 25.8 Å². The number of carbonyl (C=O) groups is 1. The van der Waals surface area contributed by atoms with E-state index in [2.05, 4.69) is 10.6 Å². The van der Waals surface area contributed by atoms with Crippen LogP contribution in [-0.2, 0) is 0 Å². The Labute approximate surface area is 132 Å². The fourth-order valence-electron chi connectivity index (χ4n) is 1.73. The molecule has 0 aliphatic heterocycles. The largest absolute Gasteiger partial charge is 0.484 e. The number of rotatable bonds is 6. The van der Waals surface area contributed by atoms with Crippen molar-refractivity contribution >= 4 is 11.7 Å². The Morgan fingerprint density at radius 1 is 1.35 bits per heavy atom. The molecule has 0 aromatic heterocycles. The molecule has 1 unspecified atom stereocenters. The Morgan fingerprint density at radius 2 is 2.00 bits per heavy atom. The second-order valence-electron chi connectivity index (χ2n) is 5.48. The lowest BCUT2D eigenvalue weighted by molar-refractivity contribution is -0.153. The molecule has 2 amide bonds. The molecule has 1 atom stereocenters. The first-order valence-electron chi connectivity index (χ1n) is 7.09. The molecule has 130 valence electrons. The summed E-state index contributed by atoms with van der Waals surface area (Å²) in [4.78, 5) is 12.0. The topological polar surface area (TPSA) is 70.6 Å². The minimum absolute atomic E-state index is 0.0422. The van der Waals surface area contributed by atoms with Crippen LogP contribution in [0.15, 0.2) is 18.2 Å². The van der Waals surface area contributed by atoms with Gasteiger partial charge in [-0.3, -0.25) is 0 Å². The van der Waals surface area contributed by atoms with Gasteiger partial charge in [0.15, 0.2) is 6.61 Å². The highest BCUT2D eigenvalue weighted by Crippen LogP contribution is 2.27. The fraction of sp³-hybridized carbons (Fsp3) is 0.533. The number of anilines is 1. The van der Waals surface area contributed by atoms with Crippen LogP contribution in [0.5, 0.6) is 5.75 Å². The van der Waals surface area contributed by atoms with Crippen LogP contribution in [0.4, 0.5) is 23.7 Å². The third-order valence-corrected chi connectivity index (χ3v) is 3.47. The summed E-state index contributed by atoms with van der Waals surface area (Å²) < 4.78 is 41.4. The maximum atomic E-state index is 12.2. The van der Waals surface area contributed by atoms with Crippen LogP contribution in [0.25, 0.3) is 0 Å². The second-order valence-corrected chi connectivity index (χ2v) is 5.48. The monoisotopic (exact) mass is 334 g/mol. The van der Waals surface area contributed by atoms with Gasteiger partial charge in [0.05, 0.1) is 12.1 Å². The Bertz CT molecular complexity index is 543. The normalized spacial score (nSPS) is 14.0. The van der Waals surface area contributed by atoms with Crippen molar-refractivity contribution in [1.82, 2.24) is 5.32 Å². The number of halogens is 3. The summed E-state index contributed by atoms with van der Waals surface area (Å²) >= 11 is 0. The predicted octanol–water partition coefficient (Wildman–Crippen LogP) is 3.22. The molecule has 0 saturated carbocycles. The van der Waals surface area contributed by atoms with E-state index in [1.165, 1.54) is 12.1 Å². The SMILES string of the molecule is CCC(C)(CO)NC(=O)Nc1cccc(OCC(F)(F)F)c1C. The maximum Gasteiger partial charge on any atom is 0.422 e. The molecule has 8 heteroatoms. The van der Waals surface area contributed by atoms with E-state index in [1.807, 2.05) is 6.92 Å². The molecular weight excluding hydrogens is 313 g/mol. The smallest absolute Gasteiger partial charge is 0.422 e. The minimum atomic E-state index is -4.43. The number of hydrogen-bond acceptors (Lipinski definition) is 3. The van der Waals surface area contributed by atoms with Crippen LogP contribution in [0.2, 0.25) is 0 Å². The van der Waals surface area contributed by atoms with Crippen LogP contribution in [0.3, 0.4) is 0 Å². The second kappa shape index (κ2) is 7.54. The van der Waals surface area contributed by atoms with Crippen molar-refractivity contribution in [3.05, 3.63) is 23.8 Å². The lowest BCUT2D eigenvalue weighted by Gasteiger charge is -2.27. The first kappa shape index (κ1) is 19.1. The highest BCUT2D eigenvalue weighted by molar-refractivity contribution is 5.91. The maximum absolute atomic E-state index is 12.2. The van der Waals surface area contributed by atoms with Crippen molar-refractivity contribution in [2.45, 2.75) is 38.9 Å². The summed E-state index contributed by atoms with van der Waals surface area (Å²) in [7, 11) is 0. The predicted molar refractivity (Wildman–Crippen MR) is 80.7 cm³/mol. The number of ether oxygens (including phenoxy) is 1. The highest BCUT2D eigenvalue weighted by atomic mass is 19.4. The molecule has 0 spiro atoms. The number of aliphatic hydroxyl groups is 1. The molecule has 3 N–H and O–H groups in total. The van der Waals surface area contributed by atoms with Crippen LogP contribution in [-0.4, -0.2) is 36.1 Å². The van der Waals surface area contributed by atoms with Gasteiger partial charge in [-0.25, -0.2) is 4.79 Å². The highest BCUT2D eigenvalue weighted by Gasteiger charge is 2.29. The number of carbonyl (C=O) groups excluding carboxylic acids is 1. The summed E-state index contributed by atoms with van der Waals surface area (Å²) in [5.41, 5.74) is -0.0600. The summed E-state index contributed by atoms with van der Waals surface area (Å²) in [5, 5.41) is 14.4. The van der Waals surface area contributed by atoms with Gasteiger partial charge in [0.25, 0.3) is 0 Å². The molecule has 1 aromatic carbocycles. The summed E-state index contributed by atoms with van der Waals surface area (Å²) in [5.74, 6) is 0.0422. The lowest BCUT2D eigenvalue weighted by Crippen LogP contribution is -2.50. The molecule has 5 nitrogen and oxygen atoms in total. The number of benzene rings is 1. The van der Waals surface area contributed by atoms with Gasteiger partial charge in [0, 0.05) is 11.3 Å². The van der Waals surface area contributed by atoms with Gasteiger partial charge < -0.3 is 20.5 Å². The van der Waals surface area contributed by atoms with E-state index >= 15 is 0 Å². The number of aliphatic hydroxyl groups excluding tert-OH is 1. The van der Waals surface area contributed by atoms with Crippen molar-refractivity contribution in [2.75, 3.05) is 18.5 Å². The lowest BCUT2D eigenvalue weighted by atomic mass is 10.0. The average molecular weight is 334 g/mol. The van der Waals surface area contributed by atoms with Gasteiger partial charge in [-0.1, -0.05) is 13.0 Å². The van der Waals surface area contributed by atoms with Gasteiger partial charge in [-0.15, -0.1) is 0 Å². The zero-order valence-electron chi connectivity index (χ0n) is 13.3. The molecule has 0 saturated heterocycles. The van der Waals surface area contributed by atoms with E-state index in [-0.39, 0.29) is 12.4 Å². The molecule has 23 heavy (non-hydrogen) atoms. The van der Waals surface area contributed by atoms with Gasteiger partial charge in [-0.05, 0) is 32.4 Å². The third-order valence-electron chi connectivity index (χ3n) is 3.47. The van der Waals surface area contributed by atoms with E-state index in [0.717, 1.165) is 0 Å². The Hall–Kier alpha value is -1.96. The molecule has 0 aliphatic rings. The standard InChI is InChI=1S/C15H21F3N2O3/c1-4-14(3,8-21)20-13(22)19-11-6-5-7-12(10(11)2)23-9-15(16,17)18/h5-7,21H,4,8-9H2,1-3H3,(H2,19,20,22). The number of amides is 2. The molecule has 0 radical (unpaired) electrons. The Kier molecular flexibility index (Phi) is 6.26. The molecule has 1 aromatic rings. The number of alkyl halides is 3. The van der Waals surface area contributed by atoms with E-state index in [4.69, 9.17) is 4.74 Å². The van der Waals surface area contributed by atoms with Crippen molar-refractivity contribution in [2.24, 2.45) is 0 Å². The first-order valence-corrected chi connectivity index (χ1v) is 7.09. The minimum Gasteiger partial charge on any atom is -0.484 e.